The third kappa shape index (κ3) is 3.76. The summed E-state index contributed by atoms with van der Waals surface area (Å²) in [5, 5.41) is 14.2. The average molecular weight is 486 g/mol. The number of nitrogens with one attached hydrogen (secondary N) is 1. The number of benzene rings is 2. The van der Waals surface area contributed by atoms with Gasteiger partial charge in [0.25, 0.3) is 5.91 Å². The van der Waals surface area contributed by atoms with Gasteiger partial charge in [0.2, 0.25) is 5.91 Å². The highest BCUT2D eigenvalue weighted by atomic mass is 35.5. The molecule has 182 valence electrons. The first kappa shape index (κ1) is 24.5. The maximum absolute atomic E-state index is 14.1. The minimum absolute atomic E-state index is 0.153. The molecule has 0 radical (unpaired) electrons. The minimum atomic E-state index is -1.40. The predicted octanol–water partition coefficient (Wildman–Crippen LogP) is 3.58. The number of aliphatic hydroxyl groups excluding tert-OH is 1. The van der Waals surface area contributed by atoms with E-state index in [1.165, 1.54) is 4.90 Å². The number of carbonyl (C=O) groups excluding carboxylic acids is 2. The van der Waals surface area contributed by atoms with Crippen LogP contribution in [-0.4, -0.2) is 66.6 Å². The van der Waals surface area contributed by atoms with E-state index in [1.807, 2.05) is 23.1 Å². The lowest BCUT2D eigenvalue weighted by Gasteiger charge is -2.42. The molecular weight excluding hydrogens is 454 g/mol. The van der Waals surface area contributed by atoms with Crippen LogP contribution in [0.5, 0.6) is 5.75 Å². The molecule has 4 rings (SSSR count). The molecule has 0 bridgehead atoms. The Morgan fingerprint density at radius 1 is 1.29 bits per heavy atom. The van der Waals surface area contributed by atoms with Gasteiger partial charge in [0.15, 0.2) is 5.54 Å². The minimum Gasteiger partial charge on any atom is -0.496 e. The molecule has 0 spiro atoms. The number of ether oxygens (including phenoxy) is 1. The second-order valence-corrected chi connectivity index (χ2v) is 9.85. The van der Waals surface area contributed by atoms with Gasteiger partial charge in [-0.2, -0.15) is 0 Å². The number of rotatable bonds is 6. The summed E-state index contributed by atoms with van der Waals surface area (Å²) in [4.78, 5) is 30.7. The Labute approximate surface area is 205 Å². The molecule has 2 aliphatic heterocycles. The van der Waals surface area contributed by atoms with Gasteiger partial charge in [0.1, 0.15) is 5.75 Å². The number of halogens is 1. The first-order valence-electron chi connectivity index (χ1n) is 11.6. The van der Waals surface area contributed by atoms with Crippen molar-refractivity contribution in [2.45, 2.75) is 50.3 Å². The molecule has 34 heavy (non-hydrogen) atoms. The van der Waals surface area contributed by atoms with E-state index >= 15 is 0 Å². The van der Waals surface area contributed by atoms with Crippen molar-refractivity contribution in [3.05, 3.63) is 58.1 Å². The van der Waals surface area contributed by atoms with Crippen LogP contribution in [0.3, 0.4) is 0 Å². The molecule has 8 heteroatoms. The van der Waals surface area contributed by atoms with Gasteiger partial charge in [-0.15, -0.1) is 0 Å². The van der Waals surface area contributed by atoms with Crippen LogP contribution in [0.15, 0.2) is 36.4 Å². The maximum Gasteiger partial charge on any atom is 0.254 e. The number of likely N-dealkylation sites (tertiary alicyclic amines) is 1. The summed E-state index contributed by atoms with van der Waals surface area (Å²) < 4.78 is 5.78. The van der Waals surface area contributed by atoms with E-state index in [-0.39, 0.29) is 30.7 Å². The summed E-state index contributed by atoms with van der Waals surface area (Å²) >= 11 is 6.44. The number of β-amino-alcohol motifs (C(OH)–C–C–N with tert-alkyl or cyclic N) is 1. The molecular formula is C26H32ClN3O4. The fraction of sp³-hybridized carbons (Fsp3) is 0.462. The van der Waals surface area contributed by atoms with Crippen molar-refractivity contribution in [3.8, 4) is 5.75 Å². The number of methoxy groups -OCH3 is 1. The van der Waals surface area contributed by atoms with Crippen molar-refractivity contribution >= 4 is 29.1 Å². The van der Waals surface area contributed by atoms with Gasteiger partial charge in [0.05, 0.1) is 19.3 Å². The molecule has 2 amide bonds. The van der Waals surface area contributed by atoms with Gasteiger partial charge in [-0.25, -0.2) is 0 Å². The highest BCUT2D eigenvalue weighted by Gasteiger charge is 2.59. The first-order chi connectivity index (χ1) is 16.1. The van der Waals surface area contributed by atoms with Crippen LogP contribution >= 0.6 is 11.6 Å². The Morgan fingerprint density at radius 2 is 2.03 bits per heavy atom. The number of hydrogen-bond acceptors (Lipinski definition) is 5. The van der Waals surface area contributed by atoms with E-state index in [9.17, 15) is 14.7 Å². The van der Waals surface area contributed by atoms with Gasteiger partial charge in [0, 0.05) is 42.5 Å². The van der Waals surface area contributed by atoms with Crippen molar-refractivity contribution in [2.24, 2.45) is 0 Å². The van der Waals surface area contributed by atoms with Crippen molar-refractivity contribution in [3.63, 3.8) is 0 Å². The molecule has 0 aromatic heterocycles. The van der Waals surface area contributed by atoms with Crippen molar-refractivity contribution < 1.29 is 19.4 Å². The number of nitrogens with zero attached hydrogens (tertiary/aromatic N) is 2. The molecule has 1 fully saturated rings. The summed E-state index contributed by atoms with van der Waals surface area (Å²) in [7, 11) is 4.94. The average Bonchev–Trinajstić information content (AvgIpc) is 3.34. The van der Waals surface area contributed by atoms with Gasteiger partial charge >= 0.3 is 0 Å². The maximum atomic E-state index is 14.1. The fourth-order valence-electron chi connectivity index (χ4n) is 5.23. The Kier molecular flexibility index (Phi) is 6.64. The van der Waals surface area contributed by atoms with E-state index < -0.39 is 17.7 Å². The Bertz CT molecular complexity index is 1120. The number of hydrogen-bond donors (Lipinski definition) is 2. The summed E-state index contributed by atoms with van der Waals surface area (Å²) in [5.41, 5.74) is 1.58. The van der Waals surface area contributed by atoms with Crippen LogP contribution in [0.25, 0.3) is 0 Å². The molecule has 2 heterocycles. The standard InChI is InChI=1S/C26H32ClN3O4/c1-6-15(2)16-7-10-23(34-5)20(11-16)26(19-12-17(27)8-9-21(19)28-25(26)33)30-14-18(31)13-22(30)24(32)29(3)4/h7-12,15,18,22,31H,6,13-14H2,1-5H3,(H,28,33)/t15?,18-,22+,26?/m1/s1. The van der Waals surface area contributed by atoms with E-state index in [2.05, 4.69) is 19.2 Å². The van der Waals surface area contributed by atoms with Crippen LogP contribution in [0.2, 0.25) is 5.02 Å². The van der Waals surface area contributed by atoms with Crippen LogP contribution in [0.1, 0.15) is 49.3 Å². The van der Waals surface area contributed by atoms with Crippen molar-refractivity contribution in [1.82, 2.24) is 9.80 Å². The molecule has 0 aliphatic carbocycles. The monoisotopic (exact) mass is 485 g/mol. The van der Waals surface area contributed by atoms with Crippen molar-refractivity contribution in [1.29, 1.82) is 0 Å². The third-order valence-electron chi connectivity index (χ3n) is 7.18. The third-order valence-corrected chi connectivity index (χ3v) is 7.41. The summed E-state index contributed by atoms with van der Waals surface area (Å²) in [6.07, 6.45) is 0.401. The zero-order valence-electron chi connectivity index (χ0n) is 20.3. The molecule has 2 aromatic carbocycles. The molecule has 4 atom stereocenters. The highest BCUT2D eigenvalue weighted by molar-refractivity contribution is 6.31. The Balaban J connectivity index is 2.06. The van der Waals surface area contributed by atoms with E-state index in [0.29, 0.717) is 27.6 Å². The smallest absolute Gasteiger partial charge is 0.254 e. The topological polar surface area (TPSA) is 82.1 Å². The van der Waals surface area contributed by atoms with Crippen molar-refractivity contribution in [2.75, 3.05) is 33.1 Å². The Hall–Kier alpha value is -2.61. The lowest BCUT2D eigenvalue weighted by molar-refractivity contribution is -0.138. The van der Waals surface area contributed by atoms with Crippen LogP contribution in [0, 0.1) is 0 Å². The summed E-state index contributed by atoms with van der Waals surface area (Å²) in [5.74, 6) is 0.326. The number of amides is 2. The zero-order valence-corrected chi connectivity index (χ0v) is 21.0. The number of aliphatic hydroxyl groups is 1. The lowest BCUT2D eigenvalue weighted by Crippen LogP contribution is -2.57. The van der Waals surface area contributed by atoms with E-state index in [1.54, 1.807) is 39.4 Å². The number of likely N-dealkylation sites (N-methyl/N-ethyl adjacent to an activating group) is 1. The number of fused-ring (bicyclic) bond motifs is 1. The second-order valence-electron chi connectivity index (χ2n) is 9.41. The van der Waals surface area contributed by atoms with Gasteiger partial charge < -0.3 is 20.1 Å². The summed E-state index contributed by atoms with van der Waals surface area (Å²) in [6, 6.07) is 10.5. The highest BCUT2D eigenvalue weighted by Crippen LogP contribution is 2.52. The van der Waals surface area contributed by atoms with Gasteiger partial charge in [-0.1, -0.05) is 31.5 Å². The predicted molar refractivity (Wildman–Crippen MR) is 132 cm³/mol. The largest absolute Gasteiger partial charge is 0.496 e. The molecule has 1 saturated heterocycles. The SMILES string of the molecule is CCC(C)c1ccc(OC)c(C2(N3C[C@H](O)C[C@H]3C(=O)N(C)C)C(=O)Nc3ccc(Cl)cc32)c1. The summed E-state index contributed by atoms with van der Waals surface area (Å²) in [6.45, 7) is 4.40. The second kappa shape index (κ2) is 9.21. The lowest BCUT2D eigenvalue weighted by atomic mass is 9.79. The molecule has 2 N–H and O–H groups in total. The quantitative estimate of drug-likeness (QED) is 0.653. The van der Waals surface area contributed by atoms with Gasteiger partial charge in [-0.05, 0) is 54.7 Å². The molecule has 2 unspecified atom stereocenters. The van der Waals surface area contributed by atoms with E-state index in [4.69, 9.17) is 16.3 Å². The molecule has 2 aliphatic rings. The fourth-order valence-corrected chi connectivity index (χ4v) is 5.41. The molecule has 2 aromatic rings. The normalized spacial score (nSPS) is 25.1. The van der Waals surface area contributed by atoms with Crippen LogP contribution in [-0.2, 0) is 15.1 Å². The Morgan fingerprint density at radius 3 is 2.68 bits per heavy atom. The number of anilines is 1. The van der Waals surface area contributed by atoms with Crippen LogP contribution < -0.4 is 10.1 Å². The molecule has 0 saturated carbocycles. The van der Waals surface area contributed by atoms with Crippen LogP contribution in [0.4, 0.5) is 5.69 Å². The zero-order chi connectivity index (χ0) is 24.8. The van der Waals surface area contributed by atoms with E-state index in [0.717, 1.165) is 12.0 Å². The number of carbonyl (C=O) groups is 2. The first-order valence-corrected chi connectivity index (χ1v) is 12.0. The molecule has 7 nitrogen and oxygen atoms in total. The van der Waals surface area contributed by atoms with Gasteiger partial charge in [-0.3, -0.25) is 14.5 Å².